The lowest BCUT2D eigenvalue weighted by Gasteiger charge is -2.07. The summed E-state index contributed by atoms with van der Waals surface area (Å²) in [7, 11) is -3.31. The maximum absolute atomic E-state index is 12.1. The van der Waals surface area contributed by atoms with Gasteiger partial charge >= 0.3 is 0 Å². The highest BCUT2D eigenvalue weighted by atomic mass is 32.2. The molecule has 1 saturated carbocycles. The lowest BCUT2D eigenvalue weighted by Crippen LogP contribution is -2.11. The van der Waals surface area contributed by atoms with E-state index in [1.165, 1.54) is 19.3 Å². The van der Waals surface area contributed by atoms with E-state index < -0.39 is 9.84 Å². The van der Waals surface area contributed by atoms with E-state index in [0.717, 1.165) is 30.4 Å². The molecule has 0 amide bonds. The van der Waals surface area contributed by atoms with Gasteiger partial charge in [0.15, 0.2) is 15.7 Å². The van der Waals surface area contributed by atoms with E-state index in [2.05, 4.69) is 9.69 Å². The molecular formula is C12H21N3O2S2. The summed E-state index contributed by atoms with van der Waals surface area (Å²) in [5.41, 5.74) is 5.70. The fraction of sp³-hybridized carbons (Fsp3) is 0.750. The maximum atomic E-state index is 12.1. The number of nitrogen functional groups attached to an aromatic ring is 1. The van der Waals surface area contributed by atoms with Gasteiger partial charge in [0.1, 0.15) is 9.90 Å². The topological polar surface area (TPSA) is 85.1 Å². The molecular weight excluding hydrogens is 282 g/mol. The van der Waals surface area contributed by atoms with Gasteiger partial charge in [-0.3, -0.25) is 0 Å². The smallest absolute Gasteiger partial charge is 0.185 e. The number of rotatable bonds is 8. The molecule has 108 valence electrons. The Morgan fingerprint density at radius 3 is 2.84 bits per heavy atom. The van der Waals surface area contributed by atoms with Gasteiger partial charge in [0.25, 0.3) is 0 Å². The Kier molecular flexibility index (Phi) is 4.67. The molecule has 0 bridgehead atoms. The van der Waals surface area contributed by atoms with Crippen molar-refractivity contribution in [1.29, 1.82) is 0 Å². The minimum atomic E-state index is -3.31. The van der Waals surface area contributed by atoms with Crippen LogP contribution in [0.1, 0.15) is 39.0 Å². The zero-order valence-electron chi connectivity index (χ0n) is 11.2. The minimum Gasteiger partial charge on any atom is -0.382 e. The molecule has 0 spiro atoms. The zero-order chi connectivity index (χ0) is 13.9. The summed E-state index contributed by atoms with van der Waals surface area (Å²) in [6, 6.07) is 0. The van der Waals surface area contributed by atoms with Crippen molar-refractivity contribution in [3.63, 3.8) is 0 Å². The monoisotopic (exact) mass is 303 g/mol. The van der Waals surface area contributed by atoms with Gasteiger partial charge in [-0.15, -0.1) is 0 Å². The summed E-state index contributed by atoms with van der Waals surface area (Å²) in [5.74, 6) is 1.14. The maximum Gasteiger partial charge on any atom is 0.185 e. The van der Waals surface area contributed by atoms with Crippen molar-refractivity contribution in [1.82, 2.24) is 4.37 Å². The van der Waals surface area contributed by atoms with E-state index in [1.807, 2.05) is 6.92 Å². The number of nitrogens with one attached hydrogen (secondary N) is 1. The van der Waals surface area contributed by atoms with E-state index in [9.17, 15) is 8.42 Å². The van der Waals surface area contributed by atoms with Crippen LogP contribution >= 0.6 is 11.5 Å². The Balaban J connectivity index is 1.99. The molecule has 0 radical (unpaired) electrons. The third-order valence-electron chi connectivity index (χ3n) is 3.23. The third-order valence-corrected chi connectivity index (χ3v) is 6.16. The highest BCUT2D eigenvalue weighted by Crippen LogP contribution is 2.34. The number of hydrogen-bond acceptors (Lipinski definition) is 6. The number of nitrogens with zero attached hydrogens (tertiary/aromatic N) is 1. The molecule has 0 saturated heterocycles. The normalized spacial score (nSPS) is 15.6. The van der Waals surface area contributed by atoms with Crippen LogP contribution < -0.4 is 11.1 Å². The first-order chi connectivity index (χ1) is 9.04. The number of sulfone groups is 1. The number of anilines is 2. The average molecular weight is 303 g/mol. The Morgan fingerprint density at radius 1 is 1.47 bits per heavy atom. The van der Waals surface area contributed by atoms with Crippen LogP contribution in [0.4, 0.5) is 10.8 Å². The van der Waals surface area contributed by atoms with Gasteiger partial charge in [0.2, 0.25) is 0 Å². The second kappa shape index (κ2) is 6.09. The Morgan fingerprint density at radius 2 is 2.21 bits per heavy atom. The van der Waals surface area contributed by atoms with Gasteiger partial charge < -0.3 is 11.1 Å². The first-order valence-electron chi connectivity index (χ1n) is 6.76. The molecule has 0 unspecified atom stereocenters. The van der Waals surface area contributed by atoms with Gasteiger partial charge in [-0.1, -0.05) is 19.8 Å². The van der Waals surface area contributed by atoms with Crippen molar-refractivity contribution in [2.24, 2.45) is 5.92 Å². The van der Waals surface area contributed by atoms with Gasteiger partial charge in [0, 0.05) is 6.54 Å². The van der Waals surface area contributed by atoms with Crippen LogP contribution in [0.3, 0.4) is 0 Å². The van der Waals surface area contributed by atoms with Crippen LogP contribution in [-0.2, 0) is 9.84 Å². The van der Waals surface area contributed by atoms with E-state index in [-0.39, 0.29) is 16.5 Å². The quantitative estimate of drug-likeness (QED) is 0.721. The molecule has 0 aliphatic heterocycles. The Labute approximate surface area is 118 Å². The summed E-state index contributed by atoms with van der Waals surface area (Å²) in [5, 5.41) is 3.78. The first kappa shape index (κ1) is 14.6. The lowest BCUT2D eigenvalue weighted by atomic mass is 10.2. The van der Waals surface area contributed by atoms with Gasteiger partial charge in [-0.25, -0.2) is 8.42 Å². The van der Waals surface area contributed by atoms with Crippen LogP contribution in [0.25, 0.3) is 0 Å². The second-order valence-electron chi connectivity index (χ2n) is 5.06. The highest BCUT2D eigenvalue weighted by molar-refractivity contribution is 7.91. The number of aromatic nitrogens is 1. The van der Waals surface area contributed by atoms with E-state index in [1.54, 1.807) is 0 Å². The Hall–Kier alpha value is -0.820. The van der Waals surface area contributed by atoms with Crippen molar-refractivity contribution in [2.75, 3.05) is 23.3 Å². The van der Waals surface area contributed by atoms with Gasteiger partial charge in [0.05, 0.1) is 5.75 Å². The fourth-order valence-corrected chi connectivity index (χ4v) is 4.72. The summed E-state index contributed by atoms with van der Waals surface area (Å²) in [6.45, 7) is 2.63. The van der Waals surface area contributed by atoms with Crippen molar-refractivity contribution in [3.05, 3.63) is 0 Å². The summed E-state index contributed by atoms with van der Waals surface area (Å²) in [4.78, 5) is 0.200. The molecule has 19 heavy (non-hydrogen) atoms. The molecule has 7 heteroatoms. The van der Waals surface area contributed by atoms with Crippen molar-refractivity contribution < 1.29 is 8.42 Å². The largest absolute Gasteiger partial charge is 0.382 e. The summed E-state index contributed by atoms with van der Waals surface area (Å²) < 4.78 is 28.2. The number of hydrogen-bond donors (Lipinski definition) is 2. The predicted octanol–water partition coefficient (Wildman–Crippen LogP) is 2.51. The van der Waals surface area contributed by atoms with Gasteiger partial charge in [-0.2, -0.15) is 4.37 Å². The molecule has 1 aliphatic carbocycles. The SMILES string of the molecule is CCCS(=O)(=O)c1c(N)nsc1NCCCC1CC1. The van der Waals surface area contributed by atoms with Crippen LogP contribution in [0.2, 0.25) is 0 Å². The highest BCUT2D eigenvalue weighted by Gasteiger charge is 2.25. The molecule has 1 aromatic rings. The van der Waals surface area contributed by atoms with E-state index in [4.69, 9.17) is 5.73 Å². The second-order valence-corrected chi connectivity index (χ2v) is 7.88. The first-order valence-corrected chi connectivity index (χ1v) is 9.19. The van der Waals surface area contributed by atoms with Crippen molar-refractivity contribution in [2.45, 2.75) is 43.9 Å². The molecule has 0 aromatic carbocycles. The standard InChI is InChI=1S/C12H21N3O2S2/c1-2-8-19(16,17)10-11(13)15-18-12(10)14-7-3-4-9-5-6-9/h9,14H,2-8H2,1H3,(H2,13,15). The lowest BCUT2D eigenvalue weighted by molar-refractivity contribution is 0.595. The van der Waals surface area contributed by atoms with E-state index in [0.29, 0.717) is 11.4 Å². The minimum absolute atomic E-state index is 0.117. The van der Waals surface area contributed by atoms with Gasteiger partial charge in [-0.05, 0) is 36.7 Å². The van der Waals surface area contributed by atoms with Crippen LogP contribution in [0, 0.1) is 5.92 Å². The predicted molar refractivity (Wildman–Crippen MR) is 79.3 cm³/mol. The van der Waals surface area contributed by atoms with Crippen molar-refractivity contribution in [3.8, 4) is 0 Å². The van der Waals surface area contributed by atoms with Crippen LogP contribution in [-0.4, -0.2) is 25.1 Å². The Bertz CT molecular complexity index is 521. The zero-order valence-corrected chi connectivity index (χ0v) is 12.8. The molecule has 1 aromatic heterocycles. The van der Waals surface area contributed by atoms with Crippen molar-refractivity contribution >= 4 is 32.2 Å². The number of nitrogens with two attached hydrogens (primary N) is 1. The molecule has 1 aliphatic rings. The molecule has 5 nitrogen and oxygen atoms in total. The van der Waals surface area contributed by atoms with Crippen LogP contribution in [0.5, 0.6) is 0 Å². The molecule has 0 atom stereocenters. The fourth-order valence-electron chi connectivity index (χ4n) is 2.08. The molecule has 1 heterocycles. The van der Waals surface area contributed by atoms with E-state index >= 15 is 0 Å². The van der Waals surface area contributed by atoms with Crippen LogP contribution in [0.15, 0.2) is 4.90 Å². The molecule has 1 fully saturated rings. The summed E-state index contributed by atoms with van der Waals surface area (Å²) in [6.07, 6.45) is 5.57. The molecule has 2 rings (SSSR count). The summed E-state index contributed by atoms with van der Waals surface area (Å²) >= 11 is 1.14. The molecule has 3 N–H and O–H groups in total. The third kappa shape index (κ3) is 3.82. The average Bonchev–Trinajstić information content (AvgIpc) is 3.08.